The van der Waals surface area contributed by atoms with Crippen LogP contribution in [0.1, 0.15) is 24.1 Å². The number of carbonyl (C=O) groups excluding carboxylic acids is 1. The van der Waals surface area contributed by atoms with Crippen LogP contribution in [0.5, 0.6) is 0 Å². The number of aromatic nitrogens is 1. The lowest BCUT2D eigenvalue weighted by Gasteiger charge is -2.35. The minimum Gasteiger partial charge on any atom is -0.358 e. The van der Waals surface area contributed by atoms with Crippen molar-refractivity contribution < 1.29 is 4.79 Å². The molecule has 2 atom stereocenters. The first-order valence-electron chi connectivity index (χ1n) is 6.69. The number of aromatic amines is 1. The highest BCUT2D eigenvalue weighted by Crippen LogP contribution is 2.34. The second kappa shape index (κ2) is 3.61. The molecule has 3 nitrogen and oxygen atoms in total. The fraction of sp³-hybridized carbons (Fsp3) is 0.400. The van der Waals surface area contributed by atoms with Gasteiger partial charge in [-0.3, -0.25) is 4.79 Å². The third-order valence-electron chi connectivity index (χ3n) is 4.45. The molecule has 1 fully saturated rings. The van der Waals surface area contributed by atoms with Crippen LogP contribution >= 0.6 is 0 Å². The summed E-state index contributed by atoms with van der Waals surface area (Å²) < 4.78 is 0. The second-order valence-corrected chi connectivity index (χ2v) is 5.51. The van der Waals surface area contributed by atoms with Crippen LogP contribution in [-0.4, -0.2) is 16.9 Å². The van der Waals surface area contributed by atoms with E-state index in [0.717, 1.165) is 19.3 Å². The fourth-order valence-electron chi connectivity index (χ4n) is 3.52. The molecule has 1 aromatic heterocycles. The Kier molecular flexibility index (Phi) is 2.04. The number of amides is 1. The summed E-state index contributed by atoms with van der Waals surface area (Å²) in [5.74, 6) is 0.836. The molecular weight excluding hydrogens is 224 g/mol. The molecule has 1 aromatic carbocycles. The van der Waals surface area contributed by atoms with E-state index in [9.17, 15) is 4.79 Å². The first kappa shape index (κ1) is 10.2. The van der Waals surface area contributed by atoms with Gasteiger partial charge in [0.05, 0.1) is 0 Å². The molecule has 2 N–H and O–H groups in total. The quantitative estimate of drug-likeness (QED) is 0.728. The highest BCUT2D eigenvalue weighted by molar-refractivity contribution is 5.85. The molecule has 4 rings (SSSR count). The summed E-state index contributed by atoms with van der Waals surface area (Å²) >= 11 is 0. The Labute approximate surface area is 106 Å². The Bertz CT molecular complexity index is 628. The van der Waals surface area contributed by atoms with E-state index in [2.05, 4.69) is 34.6 Å². The molecule has 2 unspecified atom stereocenters. The Balaban J connectivity index is 1.80. The monoisotopic (exact) mass is 240 g/mol. The molecule has 3 heteroatoms. The second-order valence-electron chi connectivity index (χ2n) is 5.51. The van der Waals surface area contributed by atoms with E-state index in [-0.39, 0.29) is 5.91 Å². The molecule has 1 aliphatic carbocycles. The average molecular weight is 240 g/mol. The van der Waals surface area contributed by atoms with E-state index >= 15 is 0 Å². The summed E-state index contributed by atoms with van der Waals surface area (Å²) in [5.41, 5.74) is 4.02. The van der Waals surface area contributed by atoms with Gasteiger partial charge in [0, 0.05) is 29.1 Å². The lowest BCUT2D eigenvalue weighted by Crippen LogP contribution is -2.48. The van der Waals surface area contributed by atoms with Crippen molar-refractivity contribution in [2.24, 2.45) is 5.92 Å². The van der Waals surface area contributed by atoms with Crippen LogP contribution in [0.4, 0.5) is 0 Å². The van der Waals surface area contributed by atoms with E-state index in [4.69, 9.17) is 0 Å². The van der Waals surface area contributed by atoms with Gasteiger partial charge in [-0.05, 0) is 36.8 Å². The molecule has 2 heterocycles. The molecular formula is C15H16N2O. The first-order chi connectivity index (χ1) is 8.81. The van der Waals surface area contributed by atoms with E-state index in [1.54, 1.807) is 0 Å². The summed E-state index contributed by atoms with van der Waals surface area (Å²) in [4.78, 5) is 15.1. The van der Waals surface area contributed by atoms with Gasteiger partial charge in [-0.2, -0.15) is 0 Å². The minimum atomic E-state index is 0.222. The van der Waals surface area contributed by atoms with Gasteiger partial charge in [-0.1, -0.05) is 18.2 Å². The SMILES string of the molecule is O=C1CCC2Cc3[nH]c4ccccc4c3CC2N1. The van der Waals surface area contributed by atoms with Crippen LogP contribution in [0.25, 0.3) is 10.9 Å². The zero-order valence-corrected chi connectivity index (χ0v) is 10.2. The third kappa shape index (κ3) is 1.40. The number of H-pyrrole nitrogens is 1. The van der Waals surface area contributed by atoms with Crippen molar-refractivity contribution in [2.45, 2.75) is 31.7 Å². The minimum absolute atomic E-state index is 0.222. The predicted octanol–water partition coefficient (Wildman–Crippen LogP) is 2.16. The van der Waals surface area contributed by atoms with Crippen LogP contribution in [0.15, 0.2) is 24.3 Å². The van der Waals surface area contributed by atoms with Gasteiger partial charge < -0.3 is 10.3 Å². The molecule has 18 heavy (non-hydrogen) atoms. The van der Waals surface area contributed by atoms with Gasteiger partial charge >= 0.3 is 0 Å². The van der Waals surface area contributed by atoms with Crippen molar-refractivity contribution >= 4 is 16.8 Å². The van der Waals surface area contributed by atoms with Crippen molar-refractivity contribution in [1.82, 2.24) is 10.3 Å². The predicted molar refractivity (Wildman–Crippen MR) is 70.4 cm³/mol. The molecule has 2 aromatic rings. The van der Waals surface area contributed by atoms with E-state index in [0.29, 0.717) is 18.4 Å². The molecule has 0 saturated carbocycles. The van der Waals surface area contributed by atoms with Crippen LogP contribution < -0.4 is 5.32 Å². The highest BCUT2D eigenvalue weighted by Gasteiger charge is 2.34. The maximum absolute atomic E-state index is 11.5. The Morgan fingerprint density at radius 1 is 1.17 bits per heavy atom. The third-order valence-corrected chi connectivity index (χ3v) is 4.45. The highest BCUT2D eigenvalue weighted by atomic mass is 16.1. The standard InChI is InChI=1S/C15H16N2O/c18-15-6-5-9-7-14-11(8-13(9)17-15)10-3-1-2-4-12(10)16-14/h1-4,9,13,16H,5-8H2,(H,17,18). The summed E-state index contributed by atoms with van der Waals surface area (Å²) in [6.45, 7) is 0. The fourth-order valence-corrected chi connectivity index (χ4v) is 3.52. The van der Waals surface area contributed by atoms with Crippen LogP contribution in [0.2, 0.25) is 0 Å². The van der Waals surface area contributed by atoms with Crippen molar-refractivity contribution in [3.05, 3.63) is 35.5 Å². The molecule has 92 valence electrons. The molecule has 1 aliphatic heterocycles. The van der Waals surface area contributed by atoms with Gasteiger partial charge in [0.25, 0.3) is 0 Å². The lowest BCUT2D eigenvalue weighted by molar-refractivity contribution is -0.124. The molecule has 0 radical (unpaired) electrons. The molecule has 0 spiro atoms. The smallest absolute Gasteiger partial charge is 0.220 e. The number of fused-ring (bicyclic) bond motifs is 4. The lowest BCUT2D eigenvalue weighted by atomic mass is 9.78. The van der Waals surface area contributed by atoms with Crippen LogP contribution in [0.3, 0.4) is 0 Å². The Hall–Kier alpha value is -1.77. The van der Waals surface area contributed by atoms with Gasteiger partial charge in [0.1, 0.15) is 0 Å². The Morgan fingerprint density at radius 3 is 3.00 bits per heavy atom. The van der Waals surface area contributed by atoms with Crippen molar-refractivity contribution in [1.29, 1.82) is 0 Å². The largest absolute Gasteiger partial charge is 0.358 e. The normalized spacial score (nSPS) is 26.6. The molecule has 2 aliphatic rings. The van der Waals surface area contributed by atoms with E-state index in [1.165, 1.54) is 22.2 Å². The number of piperidine rings is 1. The number of hydrogen-bond acceptors (Lipinski definition) is 1. The molecule has 1 saturated heterocycles. The number of para-hydroxylation sites is 1. The number of hydrogen-bond donors (Lipinski definition) is 2. The average Bonchev–Trinajstić information content (AvgIpc) is 2.74. The maximum Gasteiger partial charge on any atom is 0.220 e. The summed E-state index contributed by atoms with van der Waals surface area (Å²) in [6.07, 6.45) is 3.78. The number of rotatable bonds is 0. The summed E-state index contributed by atoms with van der Waals surface area (Å²) in [7, 11) is 0. The van der Waals surface area contributed by atoms with E-state index in [1.807, 2.05) is 0 Å². The van der Waals surface area contributed by atoms with Gasteiger partial charge in [-0.15, -0.1) is 0 Å². The summed E-state index contributed by atoms with van der Waals surface area (Å²) in [5, 5.41) is 4.49. The zero-order valence-electron chi connectivity index (χ0n) is 10.2. The number of benzene rings is 1. The van der Waals surface area contributed by atoms with Gasteiger partial charge in [0.15, 0.2) is 0 Å². The number of carbonyl (C=O) groups is 1. The number of nitrogens with one attached hydrogen (secondary N) is 2. The van der Waals surface area contributed by atoms with Crippen molar-refractivity contribution in [3.63, 3.8) is 0 Å². The summed E-state index contributed by atoms with van der Waals surface area (Å²) in [6, 6.07) is 8.81. The molecule has 0 bridgehead atoms. The van der Waals surface area contributed by atoms with Crippen LogP contribution in [0, 0.1) is 5.92 Å². The van der Waals surface area contributed by atoms with Gasteiger partial charge in [0.2, 0.25) is 5.91 Å². The first-order valence-corrected chi connectivity index (χ1v) is 6.69. The molecule has 1 amide bonds. The van der Waals surface area contributed by atoms with Crippen molar-refractivity contribution in [3.8, 4) is 0 Å². The Morgan fingerprint density at radius 2 is 2.06 bits per heavy atom. The van der Waals surface area contributed by atoms with Crippen LogP contribution in [-0.2, 0) is 17.6 Å². The van der Waals surface area contributed by atoms with Crippen molar-refractivity contribution in [2.75, 3.05) is 0 Å². The van der Waals surface area contributed by atoms with E-state index < -0.39 is 0 Å². The zero-order chi connectivity index (χ0) is 12.1. The maximum atomic E-state index is 11.5. The topological polar surface area (TPSA) is 44.9 Å². The van der Waals surface area contributed by atoms with Gasteiger partial charge in [-0.25, -0.2) is 0 Å².